The van der Waals surface area contributed by atoms with Crippen molar-refractivity contribution in [3.63, 3.8) is 0 Å². The summed E-state index contributed by atoms with van der Waals surface area (Å²) in [4.78, 5) is 0. The van der Waals surface area contributed by atoms with E-state index in [1.165, 1.54) is 0 Å². The van der Waals surface area contributed by atoms with Crippen LogP contribution in [0.4, 0.5) is 0 Å². The van der Waals surface area contributed by atoms with E-state index >= 15 is 0 Å². The van der Waals surface area contributed by atoms with Crippen LogP contribution in [0.1, 0.15) is 30.5 Å². The highest BCUT2D eigenvalue weighted by Crippen LogP contribution is 2.36. The van der Waals surface area contributed by atoms with Crippen molar-refractivity contribution < 1.29 is 14.2 Å². The molecule has 0 atom stereocenters. The second kappa shape index (κ2) is 13.1. The molecule has 3 aromatic carbocycles. The number of para-hydroxylation sites is 1. The molecule has 0 fully saturated rings. The van der Waals surface area contributed by atoms with Crippen molar-refractivity contribution in [2.24, 2.45) is 0 Å². The third-order valence-electron chi connectivity index (χ3n) is 4.51. The molecule has 3 rings (SSSR count). The van der Waals surface area contributed by atoms with Gasteiger partial charge in [0.05, 0.1) is 18.2 Å². The number of rotatable bonds is 11. The number of hydrogen-bond acceptors (Lipinski definition) is 4. The quantitative estimate of drug-likeness (QED) is 0.357. The van der Waals surface area contributed by atoms with Gasteiger partial charge in [0.25, 0.3) is 0 Å². The van der Waals surface area contributed by atoms with Crippen molar-refractivity contribution in [1.29, 1.82) is 0 Å². The van der Waals surface area contributed by atoms with E-state index in [4.69, 9.17) is 25.8 Å². The van der Waals surface area contributed by atoms with Crippen LogP contribution in [-0.2, 0) is 19.7 Å². The maximum Gasteiger partial charge on any atom is 0.179 e. The SMILES string of the molecule is CCOc1cc(CNCc2ccccc2OCc2ccccc2)cc(Cl)c1OCC.Cl. The number of benzene rings is 3. The fourth-order valence-corrected chi connectivity index (χ4v) is 3.43. The number of hydrogen-bond donors (Lipinski definition) is 1. The summed E-state index contributed by atoms with van der Waals surface area (Å²) in [6.07, 6.45) is 0. The molecule has 0 aliphatic heterocycles. The van der Waals surface area contributed by atoms with Crippen molar-refractivity contribution >= 4 is 24.0 Å². The highest BCUT2D eigenvalue weighted by Gasteiger charge is 2.12. The molecule has 0 unspecified atom stereocenters. The van der Waals surface area contributed by atoms with Gasteiger partial charge in [0.1, 0.15) is 12.4 Å². The zero-order chi connectivity index (χ0) is 21.2. The predicted molar refractivity (Wildman–Crippen MR) is 129 cm³/mol. The van der Waals surface area contributed by atoms with Crippen LogP contribution < -0.4 is 19.5 Å². The van der Waals surface area contributed by atoms with Crippen LogP contribution in [0.3, 0.4) is 0 Å². The third kappa shape index (κ3) is 7.35. The van der Waals surface area contributed by atoms with E-state index in [2.05, 4.69) is 23.5 Å². The van der Waals surface area contributed by atoms with E-state index < -0.39 is 0 Å². The zero-order valence-corrected chi connectivity index (χ0v) is 19.5. The summed E-state index contributed by atoms with van der Waals surface area (Å²) in [7, 11) is 0. The molecule has 4 nitrogen and oxygen atoms in total. The summed E-state index contributed by atoms with van der Waals surface area (Å²) in [5.41, 5.74) is 3.29. The maximum absolute atomic E-state index is 6.42. The molecule has 0 bridgehead atoms. The minimum atomic E-state index is 0. The summed E-state index contributed by atoms with van der Waals surface area (Å²) in [6, 6.07) is 22.1. The lowest BCUT2D eigenvalue weighted by Gasteiger charge is -2.15. The summed E-state index contributed by atoms with van der Waals surface area (Å²) in [5, 5.41) is 4.03. The van der Waals surface area contributed by atoms with Crippen molar-refractivity contribution in [2.75, 3.05) is 13.2 Å². The van der Waals surface area contributed by atoms with Crippen molar-refractivity contribution in [1.82, 2.24) is 5.32 Å². The molecule has 0 saturated carbocycles. The Labute approximate surface area is 195 Å². The lowest BCUT2D eigenvalue weighted by Crippen LogP contribution is -2.14. The van der Waals surface area contributed by atoms with E-state index in [0.717, 1.165) is 22.4 Å². The molecule has 1 N–H and O–H groups in total. The van der Waals surface area contributed by atoms with Crippen LogP contribution in [0.5, 0.6) is 17.2 Å². The Bertz CT molecular complexity index is 935. The number of nitrogens with one attached hydrogen (secondary N) is 1. The van der Waals surface area contributed by atoms with Gasteiger partial charge < -0.3 is 19.5 Å². The molecule has 3 aromatic rings. The number of halogens is 2. The topological polar surface area (TPSA) is 39.7 Å². The first-order valence-electron chi connectivity index (χ1n) is 10.2. The van der Waals surface area contributed by atoms with Gasteiger partial charge >= 0.3 is 0 Å². The Hall–Kier alpha value is -2.40. The Kier molecular flexibility index (Phi) is 10.5. The third-order valence-corrected chi connectivity index (χ3v) is 4.79. The number of ether oxygens (including phenoxy) is 3. The van der Waals surface area contributed by atoms with E-state index in [1.807, 2.05) is 62.4 Å². The molecule has 0 radical (unpaired) electrons. The van der Waals surface area contributed by atoms with Gasteiger partial charge in [-0.1, -0.05) is 60.1 Å². The monoisotopic (exact) mass is 461 g/mol. The molecule has 0 amide bonds. The summed E-state index contributed by atoms with van der Waals surface area (Å²) in [5.74, 6) is 2.16. The van der Waals surface area contributed by atoms with E-state index in [-0.39, 0.29) is 12.4 Å². The first-order chi connectivity index (χ1) is 14.7. The van der Waals surface area contributed by atoms with Crippen molar-refractivity contribution in [2.45, 2.75) is 33.5 Å². The van der Waals surface area contributed by atoms with Gasteiger partial charge in [-0.3, -0.25) is 0 Å². The average Bonchev–Trinajstić information content (AvgIpc) is 2.76. The molecule has 0 aliphatic carbocycles. The largest absolute Gasteiger partial charge is 0.490 e. The van der Waals surface area contributed by atoms with Crippen molar-refractivity contribution in [3.05, 3.63) is 88.4 Å². The molecule has 0 aliphatic rings. The van der Waals surface area contributed by atoms with Gasteiger partial charge in [-0.15, -0.1) is 12.4 Å². The highest BCUT2D eigenvalue weighted by atomic mass is 35.5. The minimum Gasteiger partial charge on any atom is -0.490 e. The first-order valence-corrected chi connectivity index (χ1v) is 10.6. The highest BCUT2D eigenvalue weighted by molar-refractivity contribution is 6.32. The molecule has 0 spiro atoms. The standard InChI is InChI=1S/C25H28ClNO3.ClH/c1-3-28-24-15-20(14-22(26)25(24)29-4-2)16-27-17-21-12-8-9-13-23(21)30-18-19-10-6-5-7-11-19;/h5-15,27H,3-4,16-18H2,1-2H3;1H. The van der Waals surface area contributed by atoms with Crippen molar-refractivity contribution in [3.8, 4) is 17.2 Å². The maximum atomic E-state index is 6.42. The Morgan fingerprint density at radius 1 is 0.742 bits per heavy atom. The smallest absolute Gasteiger partial charge is 0.179 e. The van der Waals surface area contributed by atoms with E-state index in [9.17, 15) is 0 Å². The summed E-state index contributed by atoms with van der Waals surface area (Å²) in [6.45, 7) is 6.85. The van der Waals surface area contributed by atoms with Gasteiger partial charge in [-0.25, -0.2) is 0 Å². The summed E-state index contributed by atoms with van der Waals surface area (Å²) < 4.78 is 17.4. The van der Waals surface area contributed by atoms with Crippen LogP contribution in [0.2, 0.25) is 5.02 Å². The Balaban J connectivity index is 0.00000341. The van der Waals surface area contributed by atoms with Crippen LogP contribution >= 0.6 is 24.0 Å². The average molecular weight is 462 g/mol. The van der Waals surface area contributed by atoms with Crippen LogP contribution in [0, 0.1) is 0 Å². The molecule has 0 heterocycles. The van der Waals surface area contributed by atoms with Gasteiger partial charge in [-0.05, 0) is 43.2 Å². The van der Waals surface area contributed by atoms with Gasteiger partial charge in [0, 0.05) is 18.7 Å². The second-order valence-electron chi connectivity index (χ2n) is 6.76. The zero-order valence-electron chi connectivity index (χ0n) is 17.9. The van der Waals surface area contributed by atoms with Gasteiger partial charge in [0.15, 0.2) is 11.5 Å². The lowest BCUT2D eigenvalue weighted by atomic mass is 10.1. The normalized spacial score (nSPS) is 10.3. The molecule has 0 aromatic heterocycles. The van der Waals surface area contributed by atoms with Gasteiger partial charge in [-0.2, -0.15) is 0 Å². The molecular formula is C25H29Cl2NO3. The Morgan fingerprint density at radius 2 is 1.45 bits per heavy atom. The first kappa shape index (κ1) is 24.9. The van der Waals surface area contributed by atoms with E-state index in [1.54, 1.807) is 0 Å². The molecule has 0 saturated heterocycles. The second-order valence-corrected chi connectivity index (χ2v) is 7.16. The fourth-order valence-electron chi connectivity index (χ4n) is 3.14. The van der Waals surface area contributed by atoms with E-state index in [0.29, 0.717) is 49.4 Å². The molecule has 6 heteroatoms. The van der Waals surface area contributed by atoms with Crippen LogP contribution in [-0.4, -0.2) is 13.2 Å². The van der Waals surface area contributed by atoms with Gasteiger partial charge in [0.2, 0.25) is 0 Å². The Morgan fingerprint density at radius 3 is 2.19 bits per heavy atom. The predicted octanol–water partition coefficient (Wildman–Crippen LogP) is 6.43. The molecular weight excluding hydrogens is 433 g/mol. The van der Waals surface area contributed by atoms with Crippen LogP contribution in [0.25, 0.3) is 0 Å². The molecule has 166 valence electrons. The lowest BCUT2D eigenvalue weighted by molar-refractivity contribution is 0.287. The van der Waals surface area contributed by atoms with Crippen LogP contribution in [0.15, 0.2) is 66.7 Å². The summed E-state index contributed by atoms with van der Waals surface area (Å²) >= 11 is 6.42. The fraction of sp³-hybridized carbons (Fsp3) is 0.280. The molecule has 31 heavy (non-hydrogen) atoms. The minimum absolute atomic E-state index is 0.